The van der Waals surface area contributed by atoms with Crippen molar-refractivity contribution in [3.05, 3.63) is 28.8 Å². The van der Waals surface area contributed by atoms with Gasteiger partial charge in [-0.15, -0.1) is 0 Å². The van der Waals surface area contributed by atoms with E-state index < -0.39 is 0 Å². The highest BCUT2D eigenvalue weighted by molar-refractivity contribution is 6.31. The molecule has 1 aromatic carbocycles. The molecule has 0 aliphatic carbocycles. The van der Waals surface area contributed by atoms with Gasteiger partial charge in [0, 0.05) is 31.4 Å². The summed E-state index contributed by atoms with van der Waals surface area (Å²) in [4.78, 5) is 13.7. The van der Waals surface area contributed by atoms with Crippen molar-refractivity contribution in [1.29, 1.82) is 0 Å². The van der Waals surface area contributed by atoms with Crippen molar-refractivity contribution in [2.24, 2.45) is 0 Å². The highest BCUT2D eigenvalue weighted by atomic mass is 35.5. The van der Waals surface area contributed by atoms with Crippen molar-refractivity contribution in [1.82, 2.24) is 4.90 Å². The number of nitrogens with zero attached hydrogens (tertiary/aromatic N) is 1. The van der Waals surface area contributed by atoms with Crippen LogP contribution < -0.4 is 5.32 Å². The second kappa shape index (κ2) is 6.46. The molecule has 1 amide bonds. The fraction of sp³-hybridized carbons (Fsp3) is 0.533. The summed E-state index contributed by atoms with van der Waals surface area (Å²) in [5.74, 6) is -0.0372. The summed E-state index contributed by atoms with van der Waals surface area (Å²) in [6.07, 6.45) is 2.66. The first-order valence-corrected chi connectivity index (χ1v) is 7.25. The van der Waals surface area contributed by atoms with E-state index in [0.29, 0.717) is 23.2 Å². The quantitative estimate of drug-likeness (QED) is 0.928. The molecular formula is C15H21ClN2O2. The Kier molecular flexibility index (Phi) is 4.89. The SMILES string of the molecule is CC1CCC(CNc2cc(Cl)ccc2C(=O)N(C)C)O1. The Bertz CT molecular complexity index is 491. The zero-order valence-electron chi connectivity index (χ0n) is 12.1. The third-order valence-corrected chi connectivity index (χ3v) is 3.69. The third kappa shape index (κ3) is 3.64. The van der Waals surface area contributed by atoms with Gasteiger partial charge in [-0.05, 0) is 38.0 Å². The topological polar surface area (TPSA) is 41.6 Å². The highest BCUT2D eigenvalue weighted by Gasteiger charge is 2.22. The number of hydrogen-bond donors (Lipinski definition) is 1. The van der Waals surface area contributed by atoms with Crippen molar-refractivity contribution in [3.8, 4) is 0 Å². The van der Waals surface area contributed by atoms with Crippen molar-refractivity contribution in [3.63, 3.8) is 0 Å². The highest BCUT2D eigenvalue weighted by Crippen LogP contribution is 2.24. The summed E-state index contributed by atoms with van der Waals surface area (Å²) in [6, 6.07) is 5.28. The minimum absolute atomic E-state index is 0.0372. The molecule has 1 aliphatic heterocycles. The van der Waals surface area contributed by atoms with Gasteiger partial charge in [0.25, 0.3) is 5.91 Å². The van der Waals surface area contributed by atoms with E-state index in [2.05, 4.69) is 12.2 Å². The molecule has 2 rings (SSSR count). The maximum Gasteiger partial charge on any atom is 0.255 e. The molecule has 0 bridgehead atoms. The zero-order valence-corrected chi connectivity index (χ0v) is 12.9. The minimum atomic E-state index is -0.0372. The number of carbonyl (C=O) groups excluding carboxylic acids is 1. The molecule has 1 fully saturated rings. The monoisotopic (exact) mass is 296 g/mol. The largest absolute Gasteiger partial charge is 0.382 e. The van der Waals surface area contributed by atoms with Crippen LogP contribution >= 0.6 is 11.6 Å². The lowest BCUT2D eigenvalue weighted by molar-refractivity contribution is 0.0636. The first-order valence-electron chi connectivity index (χ1n) is 6.88. The number of ether oxygens (including phenoxy) is 1. The Labute approximate surface area is 125 Å². The Hall–Kier alpha value is -1.26. The van der Waals surface area contributed by atoms with Gasteiger partial charge in [0.2, 0.25) is 0 Å². The Morgan fingerprint density at radius 3 is 2.80 bits per heavy atom. The van der Waals surface area contributed by atoms with Crippen LogP contribution in [0.15, 0.2) is 18.2 Å². The maximum absolute atomic E-state index is 12.1. The van der Waals surface area contributed by atoms with E-state index >= 15 is 0 Å². The first kappa shape index (κ1) is 15.1. The number of halogens is 1. The van der Waals surface area contributed by atoms with Gasteiger partial charge >= 0.3 is 0 Å². The normalized spacial score (nSPS) is 21.8. The van der Waals surface area contributed by atoms with E-state index in [9.17, 15) is 4.79 Å². The Morgan fingerprint density at radius 2 is 2.20 bits per heavy atom. The van der Waals surface area contributed by atoms with Gasteiger partial charge in [-0.1, -0.05) is 11.6 Å². The van der Waals surface area contributed by atoms with E-state index in [4.69, 9.17) is 16.3 Å². The molecule has 4 nitrogen and oxygen atoms in total. The van der Waals surface area contributed by atoms with E-state index in [1.165, 1.54) is 0 Å². The van der Waals surface area contributed by atoms with E-state index in [1.807, 2.05) is 0 Å². The fourth-order valence-corrected chi connectivity index (χ4v) is 2.52. The number of nitrogens with one attached hydrogen (secondary N) is 1. The average molecular weight is 297 g/mol. The second-order valence-corrected chi connectivity index (χ2v) is 5.85. The number of benzene rings is 1. The second-order valence-electron chi connectivity index (χ2n) is 5.42. The maximum atomic E-state index is 12.1. The molecule has 1 saturated heterocycles. The summed E-state index contributed by atoms with van der Waals surface area (Å²) in [5.41, 5.74) is 1.39. The van der Waals surface area contributed by atoms with Crippen LogP contribution in [0.25, 0.3) is 0 Å². The van der Waals surface area contributed by atoms with Crippen molar-refractivity contribution < 1.29 is 9.53 Å². The predicted octanol–water partition coefficient (Wildman–Crippen LogP) is 3.02. The number of hydrogen-bond acceptors (Lipinski definition) is 3. The summed E-state index contributed by atoms with van der Waals surface area (Å²) in [6.45, 7) is 2.78. The summed E-state index contributed by atoms with van der Waals surface area (Å²) in [5, 5.41) is 3.91. The molecule has 5 heteroatoms. The first-order chi connectivity index (χ1) is 9.47. The molecule has 0 radical (unpaired) electrons. The summed E-state index contributed by atoms with van der Waals surface area (Å²) < 4.78 is 5.77. The number of rotatable bonds is 4. The predicted molar refractivity (Wildman–Crippen MR) is 81.5 cm³/mol. The van der Waals surface area contributed by atoms with Gasteiger partial charge in [0.1, 0.15) is 0 Å². The van der Waals surface area contributed by atoms with Crippen LogP contribution in [0.2, 0.25) is 5.02 Å². The number of anilines is 1. The van der Waals surface area contributed by atoms with Gasteiger partial charge in [-0.2, -0.15) is 0 Å². The van der Waals surface area contributed by atoms with Crippen molar-refractivity contribution in [2.45, 2.75) is 32.0 Å². The summed E-state index contributed by atoms with van der Waals surface area (Å²) in [7, 11) is 3.48. The molecule has 0 aromatic heterocycles. The minimum Gasteiger partial charge on any atom is -0.382 e. The molecule has 1 N–H and O–H groups in total. The Balaban J connectivity index is 2.09. The molecule has 20 heavy (non-hydrogen) atoms. The van der Waals surface area contributed by atoms with Crippen LogP contribution in [0, 0.1) is 0 Å². The van der Waals surface area contributed by atoms with E-state index in [0.717, 1.165) is 18.5 Å². The van der Waals surface area contributed by atoms with Gasteiger partial charge in [0.05, 0.1) is 17.8 Å². The summed E-state index contributed by atoms with van der Waals surface area (Å²) >= 11 is 6.02. The van der Waals surface area contributed by atoms with Gasteiger partial charge < -0.3 is 15.0 Å². The molecule has 1 heterocycles. The van der Waals surface area contributed by atoms with Gasteiger partial charge in [0.15, 0.2) is 0 Å². The third-order valence-electron chi connectivity index (χ3n) is 3.46. The van der Waals surface area contributed by atoms with Crippen LogP contribution in [-0.4, -0.2) is 43.7 Å². The lowest BCUT2D eigenvalue weighted by atomic mass is 10.1. The smallest absolute Gasteiger partial charge is 0.255 e. The molecule has 2 atom stereocenters. The molecule has 1 aromatic rings. The molecule has 110 valence electrons. The van der Waals surface area contributed by atoms with Crippen molar-refractivity contribution in [2.75, 3.05) is 26.0 Å². The lowest BCUT2D eigenvalue weighted by Crippen LogP contribution is -2.25. The van der Waals surface area contributed by atoms with E-state index in [1.54, 1.807) is 37.2 Å². The fourth-order valence-electron chi connectivity index (χ4n) is 2.35. The molecule has 0 saturated carbocycles. The van der Waals surface area contributed by atoms with E-state index in [-0.39, 0.29) is 12.0 Å². The molecule has 0 spiro atoms. The average Bonchev–Trinajstić information content (AvgIpc) is 2.81. The van der Waals surface area contributed by atoms with Crippen LogP contribution in [-0.2, 0) is 4.74 Å². The van der Waals surface area contributed by atoms with Gasteiger partial charge in [-0.25, -0.2) is 0 Å². The molecule has 2 unspecified atom stereocenters. The Morgan fingerprint density at radius 1 is 1.45 bits per heavy atom. The van der Waals surface area contributed by atoms with Crippen molar-refractivity contribution >= 4 is 23.2 Å². The lowest BCUT2D eigenvalue weighted by Gasteiger charge is -2.18. The van der Waals surface area contributed by atoms with Gasteiger partial charge in [-0.3, -0.25) is 4.79 Å². The number of carbonyl (C=O) groups is 1. The molecular weight excluding hydrogens is 276 g/mol. The number of amides is 1. The standard InChI is InChI=1S/C15H21ClN2O2/c1-10-4-6-12(20-10)9-17-14-8-11(16)5-7-13(14)15(19)18(2)3/h5,7-8,10,12,17H,4,6,9H2,1-3H3. The van der Waals surface area contributed by atoms with Crippen LogP contribution in [0.3, 0.4) is 0 Å². The zero-order chi connectivity index (χ0) is 14.7. The van der Waals surface area contributed by atoms with Crippen LogP contribution in [0.4, 0.5) is 5.69 Å². The van der Waals surface area contributed by atoms with Crippen LogP contribution in [0.1, 0.15) is 30.1 Å². The molecule has 1 aliphatic rings. The van der Waals surface area contributed by atoms with Crippen LogP contribution in [0.5, 0.6) is 0 Å².